The van der Waals surface area contributed by atoms with Crippen LogP contribution < -0.4 is 11.2 Å². The van der Waals surface area contributed by atoms with Crippen molar-refractivity contribution in [2.45, 2.75) is 38.0 Å². The van der Waals surface area contributed by atoms with E-state index in [0.717, 1.165) is 19.3 Å². The molecule has 13 heavy (non-hydrogen) atoms. The number of nitrogens with one attached hydrogen (secondary N) is 1. The monoisotopic (exact) mass is 201 g/mol. The molecule has 1 aliphatic carbocycles. The van der Waals surface area contributed by atoms with E-state index in [1.165, 1.54) is 5.01 Å². The highest BCUT2D eigenvalue weighted by molar-refractivity contribution is 7.80. The molecule has 0 aromatic heterocycles. The van der Waals surface area contributed by atoms with E-state index in [2.05, 4.69) is 5.32 Å². The Morgan fingerprint density at radius 1 is 1.77 bits per heavy atom. The minimum atomic E-state index is -0.901. The Labute approximate surface area is 83.1 Å². The maximum atomic E-state index is 10.3. The van der Waals surface area contributed by atoms with Crippen LogP contribution in [0.2, 0.25) is 0 Å². The van der Waals surface area contributed by atoms with Gasteiger partial charge in [-0.2, -0.15) is 0 Å². The fourth-order valence-corrected chi connectivity index (χ4v) is 2.83. The van der Waals surface area contributed by atoms with Crippen LogP contribution in [0.5, 0.6) is 0 Å². The summed E-state index contributed by atoms with van der Waals surface area (Å²) in [6, 6.07) is 0.222. The molecule has 1 saturated heterocycles. The van der Waals surface area contributed by atoms with Gasteiger partial charge in [-0.1, -0.05) is 0 Å². The summed E-state index contributed by atoms with van der Waals surface area (Å²) in [5.41, 5.74) is -0.901. The molecule has 0 bridgehead atoms. The summed E-state index contributed by atoms with van der Waals surface area (Å²) < 4.78 is 0. The number of hydrogen-bond donors (Lipinski definition) is 3. The molecule has 4 nitrogen and oxygen atoms in total. The SMILES string of the molecule is CC1NC(=S)N(N)C2(O)CCCC12. The number of nitrogens with zero attached hydrogens (tertiary/aromatic N) is 1. The first-order valence-corrected chi connectivity index (χ1v) is 5.04. The molecule has 3 atom stereocenters. The summed E-state index contributed by atoms with van der Waals surface area (Å²) in [4.78, 5) is 0. The second-order valence-corrected chi connectivity index (χ2v) is 4.37. The molecule has 2 fully saturated rings. The number of thiocarbonyl (C=S) groups is 1. The van der Waals surface area contributed by atoms with Crippen LogP contribution in [0.3, 0.4) is 0 Å². The molecule has 1 saturated carbocycles. The standard InChI is InChI=1S/C8H15N3OS/c1-5-6-3-2-4-8(6,12)11(9)7(13)10-5/h5-6,12H,2-4,9H2,1H3,(H,10,13). The summed E-state index contributed by atoms with van der Waals surface area (Å²) in [5.74, 6) is 5.94. The molecule has 2 rings (SSSR count). The van der Waals surface area contributed by atoms with Gasteiger partial charge in [0.25, 0.3) is 0 Å². The van der Waals surface area contributed by atoms with Crippen molar-refractivity contribution < 1.29 is 5.11 Å². The first kappa shape index (κ1) is 9.18. The van der Waals surface area contributed by atoms with Crippen LogP contribution in [0.4, 0.5) is 0 Å². The van der Waals surface area contributed by atoms with Gasteiger partial charge in [-0.25, -0.2) is 5.84 Å². The molecule has 1 heterocycles. The van der Waals surface area contributed by atoms with Crippen LogP contribution >= 0.6 is 12.2 Å². The Morgan fingerprint density at radius 2 is 2.46 bits per heavy atom. The van der Waals surface area contributed by atoms with Crippen LogP contribution in [-0.4, -0.2) is 27.0 Å². The number of fused-ring (bicyclic) bond motifs is 1. The highest BCUT2D eigenvalue weighted by Crippen LogP contribution is 2.41. The van der Waals surface area contributed by atoms with Gasteiger partial charge in [0.1, 0.15) is 0 Å². The van der Waals surface area contributed by atoms with Gasteiger partial charge in [-0.15, -0.1) is 0 Å². The molecular weight excluding hydrogens is 186 g/mol. The van der Waals surface area contributed by atoms with Gasteiger partial charge >= 0.3 is 0 Å². The molecule has 5 heteroatoms. The number of nitrogens with two attached hydrogens (primary N) is 1. The smallest absolute Gasteiger partial charge is 0.186 e. The van der Waals surface area contributed by atoms with E-state index < -0.39 is 5.72 Å². The zero-order valence-corrected chi connectivity index (χ0v) is 8.47. The second kappa shape index (κ2) is 2.80. The van der Waals surface area contributed by atoms with E-state index in [1.54, 1.807) is 0 Å². The van der Waals surface area contributed by atoms with Crippen LogP contribution in [0.1, 0.15) is 26.2 Å². The third kappa shape index (κ3) is 1.14. The van der Waals surface area contributed by atoms with E-state index in [9.17, 15) is 5.11 Å². The second-order valence-electron chi connectivity index (χ2n) is 3.99. The highest BCUT2D eigenvalue weighted by atomic mass is 32.1. The van der Waals surface area contributed by atoms with Gasteiger partial charge in [-0.05, 0) is 38.4 Å². The minimum absolute atomic E-state index is 0.198. The minimum Gasteiger partial charge on any atom is -0.369 e. The number of hydrazine groups is 1. The van der Waals surface area contributed by atoms with Crippen molar-refractivity contribution in [1.82, 2.24) is 10.3 Å². The third-order valence-corrected chi connectivity index (χ3v) is 3.56. The quantitative estimate of drug-likeness (QED) is 0.378. The summed E-state index contributed by atoms with van der Waals surface area (Å²) in [7, 11) is 0. The Morgan fingerprint density at radius 3 is 3.15 bits per heavy atom. The van der Waals surface area contributed by atoms with E-state index in [0.29, 0.717) is 5.11 Å². The summed E-state index contributed by atoms with van der Waals surface area (Å²) in [6.45, 7) is 2.04. The lowest BCUT2D eigenvalue weighted by Crippen LogP contribution is -2.69. The molecule has 74 valence electrons. The van der Waals surface area contributed by atoms with E-state index in [1.807, 2.05) is 6.92 Å². The number of aliphatic hydroxyl groups is 1. The van der Waals surface area contributed by atoms with Crippen molar-refractivity contribution in [2.75, 3.05) is 0 Å². The average molecular weight is 201 g/mol. The Hall–Kier alpha value is -0.390. The molecular formula is C8H15N3OS. The van der Waals surface area contributed by atoms with Gasteiger partial charge in [-0.3, -0.25) is 5.01 Å². The van der Waals surface area contributed by atoms with Crippen molar-refractivity contribution >= 4 is 17.3 Å². The van der Waals surface area contributed by atoms with Crippen molar-refractivity contribution in [2.24, 2.45) is 11.8 Å². The Kier molecular flexibility index (Phi) is 1.98. The van der Waals surface area contributed by atoms with Crippen molar-refractivity contribution in [3.63, 3.8) is 0 Å². The van der Waals surface area contributed by atoms with Crippen molar-refractivity contribution in [1.29, 1.82) is 0 Å². The normalized spacial score (nSPS) is 44.5. The highest BCUT2D eigenvalue weighted by Gasteiger charge is 2.51. The van der Waals surface area contributed by atoms with Crippen LogP contribution in [0.25, 0.3) is 0 Å². The molecule has 0 spiro atoms. The van der Waals surface area contributed by atoms with Gasteiger partial charge in [0.05, 0.1) is 0 Å². The molecule has 0 aromatic rings. The van der Waals surface area contributed by atoms with Crippen LogP contribution in [0, 0.1) is 5.92 Å². The molecule has 0 amide bonds. The topological polar surface area (TPSA) is 61.5 Å². The third-order valence-electron chi connectivity index (χ3n) is 3.24. The lowest BCUT2D eigenvalue weighted by molar-refractivity contribution is -0.119. The molecule has 2 aliphatic rings. The van der Waals surface area contributed by atoms with Crippen LogP contribution in [0.15, 0.2) is 0 Å². The average Bonchev–Trinajstić information content (AvgIpc) is 2.45. The zero-order valence-electron chi connectivity index (χ0n) is 7.66. The van der Waals surface area contributed by atoms with Crippen molar-refractivity contribution in [3.8, 4) is 0 Å². The van der Waals surface area contributed by atoms with E-state index in [-0.39, 0.29) is 12.0 Å². The largest absolute Gasteiger partial charge is 0.369 e. The summed E-state index contributed by atoms with van der Waals surface area (Å²) in [6.07, 6.45) is 2.75. The van der Waals surface area contributed by atoms with E-state index >= 15 is 0 Å². The fraction of sp³-hybridized carbons (Fsp3) is 0.875. The molecule has 3 unspecified atom stereocenters. The lowest BCUT2D eigenvalue weighted by atomic mass is 9.90. The Bertz CT molecular complexity index is 248. The Balaban J connectivity index is 2.30. The number of rotatable bonds is 0. The lowest BCUT2D eigenvalue weighted by Gasteiger charge is -2.47. The number of hydrogen-bond acceptors (Lipinski definition) is 3. The van der Waals surface area contributed by atoms with Crippen molar-refractivity contribution in [3.05, 3.63) is 0 Å². The van der Waals surface area contributed by atoms with Gasteiger partial charge in [0.2, 0.25) is 0 Å². The van der Waals surface area contributed by atoms with Crippen LogP contribution in [-0.2, 0) is 0 Å². The molecule has 1 aliphatic heterocycles. The molecule has 0 radical (unpaired) electrons. The fourth-order valence-electron chi connectivity index (χ4n) is 2.49. The molecule has 4 N–H and O–H groups in total. The van der Waals surface area contributed by atoms with E-state index in [4.69, 9.17) is 18.1 Å². The van der Waals surface area contributed by atoms with Gasteiger partial charge < -0.3 is 10.4 Å². The maximum Gasteiger partial charge on any atom is 0.186 e. The first-order valence-electron chi connectivity index (χ1n) is 4.63. The summed E-state index contributed by atoms with van der Waals surface area (Å²) in [5, 5.41) is 15.2. The first-order chi connectivity index (χ1) is 6.05. The summed E-state index contributed by atoms with van der Waals surface area (Å²) >= 11 is 5.03. The maximum absolute atomic E-state index is 10.3. The van der Waals surface area contributed by atoms with Gasteiger partial charge in [0.15, 0.2) is 10.8 Å². The zero-order chi connectivity index (χ0) is 9.64. The predicted molar refractivity (Wildman–Crippen MR) is 53.5 cm³/mol. The predicted octanol–water partition coefficient (Wildman–Crippen LogP) is -0.0726. The molecule has 0 aromatic carbocycles. The van der Waals surface area contributed by atoms with Gasteiger partial charge in [0, 0.05) is 12.0 Å².